The predicted octanol–water partition coefficient (Wildman–Crippen LogP) is 2.07. The highest BCUT2D eigenvalue weighted by Crippen LogP contribution is 2.27. The second-order valence-corrected chi connectivity index (χ2v) is 5.09. The van der Waals surface area contributed by atoms with E-state index in [1.807, 2.05) is 0 Å². The highest BCUT2D eigenvalue weighted by molar-refractivity contribution is 5.91. The van der Waals surface area contributed by atoms with Gasteiger partial charge in [0, 0.05) is 19.7 Å². The summed E-state index contributed by atoms with van der Waals surface area (Å²) >= 11 is 0. The Morgan fingerprint density at radius 2 is 2.05 bits per heavy atom. The molecular formula is C15H18FNO2. The number of nitrogens with zero attached hydrogens (tertiary/aromatic N) is 1. The van der Waals surface area contributed by atoms with Crippen molar-refractivity contribution in [3.8, 4) is 0 Å². The van der Waals surface area contributed by atoms with E-state index in [0.717, 1.165) is 18.4 Å². The molecule has 19 heavy (non-hydrogen) atoms. The van der Waals surface area contributed by atoms with Gasteiger partial charge in [0.2, 0.25) is 5.91 Å². The first-order valence-corrected chi connectivity index (χ1v) is 6.41. The van der Waals surface area contributed by atoms with Crippen LogP contribution in [-0.4, -0.2) is 35.6 Å². The highest BCUT2D eigenvalue weighted by Gasteiger charge is 2.28. The molecule has 102 valence electrons. The second kappa shape index (κ2) is 5.97. The molecule has 0 atom stereocenters. The normalized spacial score (nSPS) is 22.3. The molecule has 0 bridgehead atoms. The zero-order valence-electron chi connectivity index (χ0n) is 10.9. The topological polar surface area (TPSA) is 40.5 Å². The first-order valence-electron chi connectivity index (χ1n) is 6.41. The second-order valence-electron chi connectivity index (χ2n) is 5.09. The predicted molar refractivity (Wildman–Crippen MR) is 71.8 cm³/mol. The van der Waals surface area contributed by atoms with Gasteiger partial charge in [-0.05, 0) is 42.5 Å². The minimum Gasteiger partial charge on any atom is -0.393 e. The Morgan fingerprint density at radius 1 is 1.42 bits per heavy atom. The van der Waals surface area contributed by atoms with Gasteiger partial charge >= 0.3 is 0 Å². The van der Waals surface area contributed by atoms with E-state index in [4.69, 9.17) is 0 Å². The molecule has 3 nitrogen and oxygen atoms in total. The third-order valence-electron chi connectivity index (χ3n) is 3.41. The van der Waals surface area contributed by atoms with E-state index in [1.165, 1.54) is 18.2 Å². The maximum atomic E-state index is 12.7. The zero-order valence-corrected chi connectivity index (χ0v) is 10.9. The fourth-order valence-corrected chi connectivity index (χ4v) is 2.20. The lowest BCUT2D eigenvalue weighted by molar-refractivity contribution is -0.126. The number of likely N-dealkylation sites (N-methyl/N-ethyl adjacent to an activating group) is 1. The number of halogens is 1. The van der Waals surface area contributed by atoms with E-state index in [0.29, 0.717) is 12.5 Å². The minimum absolute atomic E-state index is 0.0780. The third-order valence-corrected chi connectivity index (χ3v) is 3.41. The quantitative estimate of drug-likeness (QED) is 0.845. The number of carbonyl (C=O) groups is 1. The van der Waals surface area contributed by atoms with E-state index in [-0.39, 0.29) is 17.8 Å². The van der Waals surface area contributed by atoms with Crippen LogP contribution in [-0.2, 0) is 4.79 Å². The first-order chi connectivity index (χ1) is 9.04. The number of aliphatic hydroxyl groups excluding tert-OH is 1. The average molecular weight is 263 g/mol. The Kier molecular flexibility index (Phi) is 4.32. The van der Waals surface area contributed by atoms with E-state index in [2.05, 4.69) is 0 Å². The van der Waals surface area contributed by atoms with Crippen molar-refractivity contribution in [3.05, 3.63) is 41.7 Å². The van der Waals surface area contributed by atoms with Gasteiger partial charge in [0.1, 0.15) is 5.82 Å². The molecule has 1 amide bonds. The molecule has 1 aromatic rings. The Balaban J connectivity index is 1.84. The third kappa shape index (κ3) is 3.89. The van der Waals surface area contributed by atoms with Crippen molar-refractivity contribution in [2.75, 3.05) is 13.6 Å². The first kappa shape index (κ1) is 13.7. The fourth-order valence-electron chi connectivity index (χ4n) is 2.20. The van der Waals surface area contributed by atoms with Crippen molar-refractivity contribution in [1.82, 2.24) is 4.90 Å². The Bertz CT molecular complexity index is 464. The molecule has 1 fully saturated rings. The number of aliphatic hydroxyl groups is 1. The maximum absolute atomic E-state index is 12.7. The number of carbonyl (C=O) groups excluding carboxylic acids is 1. The number of hydrogen-bond donors (Lipinski definition) is 1. The number of amides is 1. The number of benzene rings is 1. The Morgan fingerprint density at radius 3 is 2.63 bits per heavy atom. The lowest BCUT2D eigenvalue weighted by atomic mass is 9.82. The van der Waals surface area contributed by atoms with Crippen molar-refractivity contribution in [2.24, 2.45) is 5.92 Å². The van der Waals surface area contributed by atoms with Gasteiger partial charge in [0.15, 0.2) is 0 Å². The molecule has 2 rings (SSSR count). The van der Waals surface area contributed by atoms with Crippen LogP contribution >= 0.6 is 0 Å². The van der Waals surface area contributed by atoms with Crippen LogP contribution in [0.5, 0.6) is 0 Å². The van der Waals surface area contributed by atoms with Crippen LogP contribution in [0.2, 0.25) is 0 Å². The van der Waals surface area contributed by atoms with Gasteiger partial charge in [-0.15, -0.1) is 0 Å². The summed E-state index contributed by atoms with van der Waals surface area (Å²) in [5, 5.41) is 9.20. The van der Waals surface area contributed by atoms with Crippen LogP contribution in [0.1, 0.15) is 18.4 Å². The average Bonchev–Trinajstić information content (AvgIpc) is 2.35. The van der Waals surface area contributed by atoms with Crippen molar-refractivity contribution in [2.45, 2.75) is 18.9 Å². The largest absolute Gasteiger partial charge is 0.393 e. The molecule has 1 N–H and O–H groups in total. The van der Waals surface area contributed by atoms with Gasteiger partial charge in [-0.1, -0.05) is 12.1 Å². The summed E-state index contributed by atoms with van der Waals surface area (Å²) < 4.78 is 12.7. The molecule has 1 aliphatic rings. The van der Waals surface area contributed by atoms with Crippen LogP contribution in [0.3, 0.4) is 0 Å². The van der Waals surface area contributed by atoms with Crippen LogP contribution in [0.25, 0.3) is 6.08 Å². The highest BCUT2D eigenvalue weighted by atomic mass is 19.1. The van der Waals surface area contributed by atoms with Crippen molar-refractivity contribution >= 4 is 12.0 Å². The number of rotatable bonds is 4. The van der Waals surface area contributed by atoms with Crippen LogP contribution in [0.15, 0.2) is 30.3 Å². The van der Waals surface area contributed by atoms with Gasteiger partial charge in [-0.3, -0.25) is 4.79 Å². The lowest BCUT2D eigenvalue weighted by Crippen LogP contribution is -2.38. The van der Waals surface area contributed by atoms with E-state index in [9.17, 15) is 14.3 Å². The zero-order chi connectivity index (χ0) is 13.8. The molecule has 0 aliphatic heterocycles. The van der Waals surface area contributed by atoms with E-state index >= 15 is 0 Å². The Labute approximate surface area is 112 Å². The van der Waals surface area contributed by atoms with Gasteiger partial charge < -0.3 is 10.0 Å². The summed E-state index contributed by atoms with van der Waals surface area (Å²) in [5.41, 5.74) is 0.794. The van der Waals surface area contributed by atoms with Gasteiger partial charge in [0.25, 0.3) is 0 Å². The van der Waals surface area contributed by atoms with Gasteiger partial charge in [-0.2, -0.15) is 0 Å². The van der Waals surface area contributed by atoms with Gasteiger partial charge in [-0.25, -0.2) is 4.39 Å². The SMILES string of the molecule is CN(CC1CC(O)C1)C(=O)C=Cc1ccc(F)cc1. The molecule has 0 unspecified atom stereocenters. The Hall–Kier alpha value is -1.68. The summed E-state index contributed by atoms with van der Waals surface area (Å²) in [6.07, 6.45) is 4.53. The molecular weight excluding hydrogens is 245 g/mol. The standard InChI is InChI=1S/C15H18FNO2/c1-17(10-12-8-14(18)9-12)15(19)7-4-11-2-5-13(16)6-3-11/h2-7,12,14,18H,8-10H2,1H3. The van der Waals surface area contributed by atoms with Crippen molar-refractivity contribution < 1.29 is 14.3 Å². The molecule has 0 spiro atoms. The van der Waals surface area contributed by atoms with E-state index < -0.39 is 0 Å². The van der Waals surface area contributed by atoms with Crippen LogP contribution in [0, 0.1) is 11.7 Å². The molecule has 0 saturated heterocycles. The van der Waals surface area contributed by atoms with Gasteiger partial charge in [0.05, 0.1) is 6.10 Å². The number of hydrogen-bond acceptors (Lipinski definition) is 2. The molecule has 1 saturated carbocycles. The molecule has 4 heteroatoms. The monoisotopic (exact) mass is 263 g/mol. The smallest absolute Gasteiger partial charge is 0.246 e. The molecule has 0 radical (unpaired) electrons. The van der Waals surface area contributed by atoms with Crippen molar-refractivity contribution in [3.63, 3.8) is 0 Å². The molecule has 0 heterocycles. The summed E-state index contributed by atoms with van der Waals surface area (Å²) in [6, 6.07) is 5.98. The molecule has 1 aliphatic carbocycles. The summed E-state index contributed by atoms with van der Waals surface area (Å²) in [5.74, 6) is 0.0398. The van der Waals surface area contributed by atoms with Crippen LogP contribution in [0.4, 0.5) is 4.39 Å². The fraction of sp³-hybridized carbons (Fsp3) is 0.400. The maximum Gasteiger partial charge on any atom is 0.246 e. The summed E-state index contributed by atoms with van der Waals surface area (Å²) in [6.45, 7) is 0.670. The van der Waals surface area contributed by atoms with E-state index in [1.54, 1.807) is 30.2 Å². The molecule has 1 aromatic carbocycles. The lowest BCUT2D eigenvalue weighted by Gasteiger charge is -2.34. The summed E-state index contributed by atoms with van der Waals surface area (Å²) in [4.78, 5) is 13.5. The molecule has 0 aromatic heterocycles. The summed E-state index contributed by atoms with van der Waals surface area (Å²) in [7, 11) is 1.75. The minimum atomic E-state index is -0.288. The van der Waals surface area contributed by atoms with Crippen LogP contribution < -0.4 is 0 Å². The van der Waals surface area contributed by atoms with Crippen molar-refractivity contribution in [1.29, 1.82) is 0 Å².